The maximum atomic E-state index is 12.9. The summed E-state index contributed by atoms with van der Waals surface area (Å²) in [6.07, 6.45) is -4.80. The fourth-order valence-corrected chi connectivity index (χ4v) is 2.89. The first-order chi connectivity index (χ1) is 10.2. The van der Waals surface area contributed by atoms with Gasteiger partial charge in [0.1, 0.15) is 16.4 Å². The van der Waals surface area contributed by atoms with Crippen LogP contribution in [-0.2, 0) is 16.3 Å². The van der Waals surface area contributed by atoms with Crippen LogP contribution in [0.15, 0.2) is 53.4 Å². The second kappa shape index (κ2) is 5.88. The van der Waals surface area contributed by atoms with Gasteiger partial charge in [-0.1, -0.05) is 18.2 Å². The Balaban J connectivity index is 2.43. The molecule has 0 bridgehead atoms. The Morgan fingerprint density at radius 2 is 1.59 bits per heavy atom. The van der Waals surface area contributed by atoms with Crippen molar-refractivity contribution in [1.29, 1.82) is 0 Å². The summed E-state index contributed by atoms with van der Waals surface area (Å²) in [5.74, 6) is 0.174. The van der Waals surface area contributed by atoms with Crippen molar-refractivity contribution in [3.8, 4) is 11.5 Å². The lowest BCUT2D eigenvalue weighted by Gasteiger charge is -2.13. The predicted octanol–water partition coefficient (Wildman–Crippen LogP) is 3.48. The van der Waals surface area contributed by atoms with E-state index in [-0.39, 0.29) is 5.75 Å². The van der Waals surface area contributed by atoms with E-state index in [1.807, 2.05) is 0 Å². The number of hydrogen-bond donors (Lipinski definition) is 0. The van der Waals surface area contributed by atoms with E-state index in [9.17, 15) is 21.6 Å². The molecule has 0 saturated carbocycles. The van der Waals surface area contributed by atoms with Crippen molar-refractivity contribution >= 4 is 10.1 Å². The van der Waals surface area contributed by atoms with Crippen molar-refractivity contribution in [2.24, 2.45) is 0 Å². The zero-order valence-electron chi connectivity index (χ0n) is 11.3. The normalized spacial score (nSPS) is 12.0. The van der Waals surface area contributed by atoms with E-state index in [4.69, 9.17) is 8.92 Å². The van der Waals surface area contributed by atoms with Crippen LogP contribution in [0.4, 0.5) is 13.2 Å². The molecule has 0 amide bonds. The lowest BCUT2D eigenvalue weighted by molar-refractivity contribution is -0.139. The molecule has 0 radical (unpaired) electrons. The molecule has 0 aliphatic heterocycles. The molecular weight excluding hydrogens is 321 g/mol. The first-order valence-corrected chi connectivity index (χ1v) is 7.39. The van der Waals surface area contributed by atoms with Crippen molar-refractivity contribution in [3.05, 3.63) is 54.1 Å². The van der Waals surface area contributed by atoms with Gasteiger partial charge in [0.15, 0.2) is 0 Å². The van der Waals surface area contributed by atoms with Crippen molar-refractivity contribution in [3.63, 3.8) is 0 Å². The molecule has 2 aromatic rings. The highest BCUT2D eigenvalue weighted by Gasteiger charge is 2.37. The molecule has 0 heterocycles. The van der Waals surface area contributed by atoms with Crippen LogP contribution >= 0.6 is 0 Å². The molecule has 0 unspecified atom stereocenters. The summed E-state index contributed by atoms with van der Waals surface area (Å²) < 4.78 is 72.6. The summed E-state index contributed by atoms with van der Waals surface area (Å²) >= 11 is 0. The maximum absolute atomic E-state index is 12.9. The lowest BCUT2D eigenvalue weighted by atomic mass is 10.2. The van der Waals surface area contributed by atoms with Gasteiger partial charge in [-0.25, -0.2) is 0 Å². The highest BCUT2D eigenvalue weighted by atomic mass is 32.2. The second-order valence-corrected chi connectivity index (χ2v) is 5.73. The quantitative estimate of drug-likeness (QED) is 0.805. The number of halogens is 3. The molecule has 0 saturated heterocycles. The largest absolute Gasteiger partial charge is 0.497 e. The molecule has 0 atom stereocenters. The van der Waals surface area contributed by atoms with Crippen LogP contribution in [0.3, 0.4) is 0 Å². The number of hydrogen-bond acceptors (Lipinski definition) is 4. The molecule has 2 aromatic carbocycles. The zero-order chi connectivity index (χ0) is 16.4. The smallest absolute Gasteiger partial charge is 0.417 e. The summed E-state index contributed by atoms with van der Waals surface area (Å²) in [5, 5.41) is 0. The van der Waals surface area contributed by atoms with E-state index in [0.29, 0.717) is 11.8 Å². The Labute approximate surface area is 125 Å². The van der Waals surface area contributed by atoms with Crippen LogP contribution in [0.5, 0.6) is 11.5 Å². The third kappa shape index (κ3) is 3.51. The Kier molecular flexibility index (Phi) is 4.32. The Morgan fingerprint density at radius 3 is 2.23 bits per heavy atom. The maximum Gasteiger partial charge on any atom is 0.417 e. The van der Waals surface area contributed by atoms with Gasteiger partial charge in [-0.05, 0) is 24.3 Å². The molecule has 0 aromatic heterocycles. The molecule has 118 valence electrons. The topological polar surface area (TPSA) is 52.6 Å². The second-order valence-electron chi connectivity index (χ2n) is 4.21. The highest BCUT2D eigenvalue weighted by Crippen LogP contribution is 2.35. The first-order valence-electron chi connectivity index (χ1n) is 5.99. The number of benzene rings is 2. The molecule has 0 spiro atoms. The van der Waals surface area contributed by atoms with Gasteiger partial charge in [0.25, 0.3) is 0 Å². The van der Waals surface area contributed by atoms with Gasteiger partial charge in [-0.2, -0.15) is 21.6 Å². The van der Waals surface area contributed by atoms with E-state index in [2.05, 4.69) is 0 Å². The molecule has 0 aliphatic carbocycles. The van der Waals surface area contributed by atoms with Gasteiger partial charge in [-0.15, -0.1) is 0 Å². The number of methoxy groups -OCH3 is 1. The third-order valence-corrected chi connectivity index (χ3v) is 4.02. The van der Waals surface area contributed by atoms with Crippen LogP contribution in [0.1, 0.15) is 5.56 Å². The van der Waals surface area contributed by atoms with Gasteiger partial charge in [0.2, 0.25) is 0 Å². The fraction of sp³-hybridized carbons (Fsp3) is 0.143. The SMILES string of the molecule is COc1cccc(OS(=O)(=O)c2ccccc2C(F)(F)F)c1. The van der Waals surface area contributed by atoms with Crippen molar-refractivity contribution in [2.75, 3.05) is 7.11 Å². The molecule has 4 nitrogen and oxygen atoms in total. The van der Waals surface area contributed by atoms with E-state index in [1.54, 1.807) is 6.07 Å². The molecule has 0 aliphatic rings. The van der Waals surface area contributed by atoms with E-state index in [0.717, 1.165) is 12.1 Å². The Bertz CT molecular complexity index is 770. The summed E-state index contributed by atoms with van der Waals surface area (Å²) in [7, 11) is -3.26. The highest BCUT2D eigenvalue weighted by molar-refractivity contribution is 7.87. The van der Waals surface area contributed by atoms with E-state index < -0.39 is 26.8 Å². The summed E-state index contributed by atoms with van der Waals surface area (Å²) in [6.45, 7) is 0. The van der Waals surface area contributed by atoms with Crippen molar-refractivity contribution < 1.29 is 30.5 Å². The Hall–Kier alpha value is -2.22. The van der Waals surface area contributed by atoms with Gasteiger partial charge in [-0.3, -0.25) is 0 Å². The van der Waals surface area contributed by atoms with Crippen LogP contribution in [0, 0.1) is 0 Å². The summed E-state index contributed by atoms with van der Waals surface area (Å²) in [6, 6.07) is 9.39. The van der Waals surface area contributed by atoms with Crippen molar-refractivity contribution in [2.45, 2.75) is 11.1 Å². The van der Waals surface area contributed by atoms with Crippen LogP contribution < -0.4 is 8.92 Å². The number of alkyl halides is 3. The third-order valence-electron chi connectivity index (χ3n) is 2.71. The van der Waals surface area contributed by atoms with Crippen LogP contribution in [0.2, 0.25) is 0 Å². The summed E-state index contributed by atoms with van der Waals surface area (Å²) in [5.41, 5.74) is -1.28. The average molecular weight is 332 g/mol. The molecule has 22 heavy (non-hydrogen) atoms. The van der Waals surface area contributed by atoms with Gasteiger partial charge < -0.3 is 8.92 Å². The fourth-order valence-electron chi connectivity index (χ4n) is 1.74. The average Bonchev–Trinajstić information content (AvgIpc) is 2.46. The van der Waals surface area contributed by atoms with Crippen molar-refractivity contribution in [1.82, 2.24) is 0 Å². The molecule has 2 rings (SSSR count). The molecule has 0 fully saturated rings. The van der Waals surface area contributed by atoms with Crippen LogP contribution in [0.25, 0.3) is 0 Å². The van der Waals surface area contributed by atoms with Crippen LogP contribution in [-0.4, -0.2) is 15.5 Å². The van der Waals surface area contributed by atoms with Gasteiger partial charge in [0, 0.05) is 6.07 Å². The predicted molar refractivity (Wildman–Crippen MR) is 72.3 cm³/mol. The number of ether oxygens (including phenoxy) is 1. The monoisotopic (exact) mass is 332 g/mol. The lowest BCUT2D eigenvalue weighted by Crippen LogP contribution is -2.17. The summed E-state index contributed by atoms with van der Waals surface area (Å²) in [4.78, 5) is -0.940. The van der Waals surface area contributed by atoms with Gasteiger partial charge in [0.05, 0.1) is 12.7 Å². The van der Waals surface area contributed by atoms with E-state index >= 15 is 0 Å². The molecular formula is C14H11F3O4S. The minimum Gasteiger partial charge on any atom is -0.497 e. The minimum absolute atomic E-state index is 0.142. The number of rotatable bonds is 4. The zero-order valence-corrected chi connectivity index (χ0v) is 12.1. The Morgan fingerprint density at radius 1 is 0.955 bits per heavy atom. The molecule has 0 N–H and O–H groups in total. The van der Waals surface area contributed by atoms with Gasteiger partial charge >= 0.3 is 16.3 Å². The minimum atomic E-state index is -4.80. The van der Waals surface area contributed by atoms with E-state index in [1.165, 1.54) is 31.4 Å². The standard InChI is InChI=1S/C14H11F3O4S/c1-20-10-5-4-6-11(9-10)21-22(18,19)13-8-3-2-7-12(13)14(15,16)17/h2-9H,1H3. The first kappa shape index (κ1) is 16.2. The molecule has 8 heteroatoms.